The fraction of sp³-hybridized carbons (Fsp3) is 0.250. The molecule has 1 aromatic carbocycles. The van der Waals surface area contributed by atoms with Crippen LogP contribution in [0.2, 0.25) is 0 Å². The van der Waals surface area contributed by atoms with Crippen molar-refractivity contribution in [1.29, 1.82) is 0 Å². The highest BCUT2D eigenvalue weighted by molar-refractivity contribution is 8.15. The molecule has 1 aliphatic rings. The number of amides is 1. The maximum atomic E-state index is 13.5. The molecule has 1 aromatic rings. The molecule has 0 aliphatic carbocycles. The van der Waals surface area contributed by atoms with Crippen LogP contribution in [0.1, 0.15) is 12.5 Å². The number of nitrogens with one attached hydrogen (secondary N) is 1. The van der Waals surface area contributed by atoms with Gasteiger partial charge in [-0.3, -0.25) is 4.79 Å². The van der Waals surface area contributed by atoms with Gasteiger partial charge in [-0.15, -0.1) is 5.10 Å². The maximum absolute atomic E-state index is 13.5. The topological polar surface area (TPSA) is 63.1 Å². The van der Waals surface area contributed by atoms with Gasteiger partial charge in [0.05, 0.1) is 18.6 Å². The van der Waals surface area contributed by atoms with E-state index in [-0.39, 0.29) is 11.7 Å². The van der Waals surface area contributed by atoms with Crippen molar-refractivity contribution in [3.05, 3.63) is 29.6 Å². The number of thioether (sulfide) groups is 1. The summed E-state index contributed by atoms with van der Waals surface area (Å²) in [6, 6.07) is 4.53. The fourth-order valence-electron chi connectivity index (χ4n) is 1.40. The average molecular weight is 281 g/mol. The Hall–Kier alpha value is -1.89. The van der Waals surface area contributed by atoms with Crippen LogP contribution in [-0.4, -0.2) is 29.6 Å². The summed E-state index contributed by atoms with van der Waals surface area (Å²) in [5, 5.41) is 10.6. The van der Waals surface area contributed by atoms with Crippen LogP contribution in [0, 0.1) is 5.82 Å². The summed E-state index contributed by atoms with van der Waals surface area (Å²) in [6.07, 6.45) is 1.41. The highest BCUT2D eigenvalue weighted by Gasteiger charge is 2.15. The predicted octanol–water partition coefficient (Wildman–Crippen LogP) is 1.78. The molecule has 0 saturated carbocycles. The largest absolute Gasteiger partial charge is 0.491 e. The van der Waals surface area contributed by atoms with Crippen molar-refractivity contribution in [2.45, 2.75) is 6.92 Å². The van der Waals surface area contributed by atoms with Gasteiger partial charge in [-0.1, -0.05) is 11.8 Å². The number of carbonyl (C=O) groups is 1. The fourth-order valence-corrected chi connectivity index (χ4v) is 2.03. The first-order valence-electron chi connectivity index (χ1n) is 5.65. The van der Waals surface area contributed by atoms with E-state index in [1.165, 1.54) is 24.0 Å². The monoisotopic (exact) mass is 281 g/mol. The highest BCUT2D eigenvalue weighted by atomic mass is 32.2. The number of nitrogens with zero attached hydrogens (tertiary/aromatic N) is 2. The Labute approximate surface area is 113 Å². The average Bonchev–Trinajstić information content (AvgIpc) is 2.79. The molecule has 1 saturated heterocycles. The molecule has 1 aliphatic heterocycles. The lowest BCUT2D eigenvalue weighted by Crippen LogP contribution is -2.19. The number of hydrogen-bond donors (Lipinski definition) is 1. The third-order valence-electron chi connectivity index (χ3n) is 2.20. The lowest BCUT2D eigenvalue weighted by atomic mass is 10.2. The third kappa shape index (κ3) is 3.78. The molecule has 0 spiro atoms. The van der Waals surface area contributed by atoms with E-state index in [1.807, 2.05) is 0 Å². The summed E-state index contributed by atoms with van der Waals surface area (Å²) in [5.74, 6) is 0.0316. The van der Waals surface area contributed by atoms with Crippen LogP contribution in [0.15, 0.2) is 28.4 Å². The SMILES string of the molecule is CCOc1ccc(C=NN=C2NC(=O)CS2)cc1F. The van der Waals surface area contributed by atoms with Gasteiger partial charge in [0.2, 0.25) is 5.91 Å². The quantitative estimate of drug-likeness (QED) is 0.676. The minimum atomic E-state index is -0.443. The number of halogens is 1. The van der Waals surface area contributed by atoms with Crippen LogP contribution in [0.4, 0.5) is 4.39 Å². The molecule has 100 valence electrons. The van der Waals surface area contributed by atoms with Gasteiger partial charge in [-0.25, -0.2) is 4.39 Å². The Kier molecular flexibility index (Phi) is 4.51. The molecule has 2 rings (SSSR count). The predicted molar refractivity (Wildman–Crippen MR) is 73.2 cm³/mol. The Balaban J connectivity index is 2.03. The third-order valence-corrected chi connectivity index (χ3v) is 3.06. The van der Waals surface area contributed by atoms with Crippen molar-refractivity contribution in [1.82, 2.24) is 5.32 Å². The van der Waals surface area contributed by atoms with Gasteiger partial charge < -0.3 is 10.1 Å². The van der Waals surface area contributed by atoms with Crippen molar-refractivity contribution >= 4 is 29.1 Å². The zero-order valence-corrected chi connectivity index (χ0v) is 11.0. The summed E-state index contributed by atoms with van der Waals surface area (Å²) in [4.78, 5) is 10.9. The minimum Gasteiger partial charge on any atom is -0.491 e. The molecular formula is C12H12FN3O2S. The van der Waals surface area contributed by atoms with Crippen molar-refractivity contribution in [2.75, 3.05) is 12.4 Å². The number of benzene rings is 1. The van der Waals surface area contributed by atoms with Crippen LogP contribution in [-0.2, 0) is 4.79 Å². The molecule has 0 radical (unpaired) electrons. The lowest BCUT2D eigenvalue weighted by molar-refractivity contribution is -0.116. The maximum Gasteiger partial charge on any atom is 0.236 e. The molecule has 1 N–H and O–H groups in total. The molecule has 1 fully saturated rings. The zero-order chi connectivity index (χ0) is 13.7. The normalized spacial score (nSPS) is 17.2. The van der Waals surface area contributed by atoms with E-state index in [0.29, 0.717) is 23.1 Å². The number of ether oxygens (including phenoxy) is 1. The summed E-state index contributed by atoms with van der Waals surface area (Å²) < 4.78 is 18.6. The zero-order valence-electron chi connectivity index (χ0n) is 10.2. The van der Waals surface area contributed by atoms with Crippen LogP contribution < -0.4 is 10.1 Å². The smallest absolute Gasteiger partial charge is 0.236 e. The van der Waals surface area contributed by atoms with Gasteiger partial charge in [-0.2, -0.15) is 5.10 Å². The molecule has 5 nitrogen and oxygen atoms in total. The van der Waals surface area contributed by atoms with Gasteiger partial charge in [0, 0.05) is 0 Å². The Morgan fingerprint density at radius 1 is 1.58 bits per heavy atom. The molecular weight excluding hydrogens is 269 g/mol. The standard InChI is InChI=1S/C12H12FN3O2S/c1-2-18-10-4-3-8(5-9(10)13)6-14-16-12-15-11(17)7-19-12/h3-6H,2,7H2,1H3,(H,15,16,17). The van der Waals surface area contributed by atoms with E-state index in [0.717, 1.165) is 0 Å². The molecule has 1 heterocycles. The van der Waals surface area contributed by atoms with Gasteiger partial charge in [-0.05, 0) is 30.7 Å². The number of rotatable bonds is 4. The van der Waals surface area contributed by atoms with Crippen LogP contribution in [0.3, 0.4) is 0 Å². The van der Waals surface area contributed by atoms with Crippen molar-refractivity contribution in [3.63, 3.8) is 0 Å². The highest BCUT2D eigenvalue weighted by Crippen LogP contribution is 2.17. The van der Waals surface area contributed by atoms with Gasteiger partial charge in [0.1, 0.15) is 0 Å². The van der Waals surface area contributed by atoms with Gasteiger partial charge >= 0.3 is 0 Å². The van der Waals surface area contributed by atoms with Crippen molar-refractivity contribution in [3.8, 4) is 5.75 Å². The summed E-state index contributed by atoms with van der Waals surface area (Å²) in [7, 11) is 0. The number of carbonyl (C=O) groups excluding carboxylic acids is 1. The first-order valence-corrected chi connectivity index (χ1v) is 6.63. The minimum absolute atomic E-state index is 0.0916. The lowest BCUT2D eigenvalue weighted by Gasteiger charge is -2.04. The Morgan fingerprint density at radius 2 is 2.42 bits per heavy atom. The first-order chi connectivity index (χ1) is 9.19. The summed E-state index contributed by atoms with van der Waals surface area (Å²) in [5.41, 5.74) is 0.569. The first kappa shape index (κ1) is 13.5. The molecule has 0 aromatic heterocycles. The van der Waals surface area contributed by atoms with E-state index in [9.17, 15) is 9.18 Å². The molecule has 1 amide bonds. The van der Waals surface area contributed by atoms with E-state index >= 15 is 0 Å². The summed E-state index contributed by atoms with van der Waals surface area (Å²) in [6.45, 7) is 2.20. The molecule has 19 heavy (non-hydrogen) atoms. The molecule has 0 bridgehead atoms. The van der Waals surface area contributed by atoms with Crippen LogP contribution >= 0.6 is 11.8 Å². The Morgan fingerprint density at radius 3 is 3.05 bits per heavy atom. The van der Waals surface area contributed by atoms with Gasteiger partial charge in [0.25, 0.3) is 0 Å². The second-order valence-electron chi connectivity index (χ2n) is 3.61. The molecule has 7 heteroatoms. The van der Waals surface area contributed by atoms with E-state index in [4.69, 9.17) is 4.74 Å². The molecule has 0 atom stereocenters. The Bertz CT molecular complexity index is 546. The number of hydrogen-bond acceptors (Lipinski definition) is 5. The van der Waals surface area contributed by atoms with Crippen LogP contribution in [0.5, 0.6) is 5.75 Å². The summed E-state index contributed by atoms with van der Waals surface area (Å²) >= 11 is 1.28. The van der Waals surface area contributed by atoms with Crippen molar-refractivity contribution in [2.24, 2.45) is 10.2 Å². The number of amidine groups is 1. The second-order valence-corrected chi connectivity index (χ2v) is 4.57. The van der Waals surface area contributed by atoms with E-state index < -0.39 is 5.82 Å². The van der Waals surface area contributed by atoms with E-state index in [2.05, 4.69) is 15.5 Å². The van der Waals surface area contributed by atoms with Crippen LogP contribution in [0.25, 0.3) is 0 Å². The van der Waals surface area contributed by atoms with Crippen molar-refractivity contribution < 1.29 is 13.9 Å². The van der Waals surface area contributed by atoms with E-state index in [1.54, 1.807) is 19.1 Å². The molecule has 0 unspecified atom stereocenters. The van der Waals surface area contributed by atoms with Gasteiger partial charge in [0.15, 0.2) is 16.7 Å². The second kappa shape index (κ2) is 6.33.